The predicted molar refractivity (Wildman–Crippen MR) is 82.4 cm³/mol. The Morgan fingerprint density at radius 2 is 1.39 bits per heavy atom. The summed E-state index contributed by atoms with van der Waals surface area (Å²) in [7, 11) is -1.88. The van der Waals surface area contributed by atoms with E-state index in [1.807, 2.05) is 6.92 Å². The van der Waals surface area contributed by atoms with E-state index < -0.39 is 14.4 Å². The van der Waals surface area contributed by atoms with Crippen LogP contribution in [0.3, 0.4) is 0 Å². The molecule has 1 N–H and O–H groups in total. The lowest BCUT2D eigenvalue weighted by atomic mass is 10.2. The van der Waals surface area contributed by atoms with Gasteiger partial charge in [0, 0.05) is 0 Å². The number of hydrogen-bond acceptors (Lipinski definition) is 2. The molecule has 0 aromatic carbocycles. The van der Waals surface area contributed by atoms with Crippen molar-refractivity contribution in [3.05, 3.63) is 12.7 Å². The number of aliphatic hydroxyl groups is 1. The lowest BCUT2D eigenvalue weighted by Crippen LogP contribution is -2.51. The van der Waals surface area contributed by atoms with Crippen LogP contribution in [-0.4, -0.2) is 25.6 Å². The largest absolute Gasteiger partial charge is 0.411 e. The minimum atomic E-state index is -1.88. The van der Waals surface area contributed by atoms with E-state index in [-0.39, 0.29) is 6.10 Å². The molecule has 0 unspecified atom stereocenters. The molecule has 0 fully saturated rings. The summed E-state index contributed by atoms with van der Waals surface area (Å²) < 4.78 is 6.48. The Balaban J connectivity index is 5.05. The Morgan fingerprint density at radius 1 is 1.00 bits per heavy atom. The molecule has 0 radical (unpaired) electrons. The second kappa shape index (κ2) is 7.46. The Hall–Kier alpha value is -0.123. The van der Waals surface area contributed by atoms with Crippen LogP contribution in [0.4, 0.5) is 0 Å². The first kappa shape index (κ1) is 17.9. The van der Waals surface area contributed by atoms with E-state index in [4.69, 9.17) is 4.43 Å². The van der Waals surface area contributed by atoms with Crippen molar-refractivity contribution in [2.24, 2.45) is 0 Å². The van der Waals surface area contributed by atoms with Gasteiger partial charge in [0.2, 0.25) is 8.32 Å². The van der Waals surface area contributed by atoms with Gasteiger partial charge in [0.1, 0.15) is 0 Å². The summed E-state index contributed by atoms with van der Waals surface area (Å²) in [5, 5.41) is 10.1. The molecule has 2 nitrogen and oxygen atoms in total. The van der Waals surface area contributed by atoms with E-state index in [0.29, 0.717) is 23.0 Å². The average molecular weight is 273 g/mol. The molecule has 0 saturated carbocycles. The smallest absolute Gasteiger partial charge is 0.200 e. The van der Waals surface area contributed by atoms with Gasteiger partial charge in [0.15, 0.2) is 0 Å². The Morgan fingerprint density at radius 3 is 1.67 bits per heavy atom. The fourth-order valence-corrected chi connectivity index (χ4v) is 8.79. The maximum atomic E-state index is 10.1. The van der Waals surface area contributed by atoms with Crippen molar-refractivity contribution in [3.8, 4) is 0 Å². The van der Waals surface area contributed by atoms with Crippen LogP contribution in [0.15, 0.2) is 12.7 Å². The number of hydrogen-bond donors (Lipinski definition) is 1. The van der Waals surface area contributed by atoms with Crippen LogP contribution in [0.5, 0.6) is 0 Å². The topological polar surface area (TPSA) is 29.5 Å². The zero-order chi connectivity index (χ0) is 14.5. The molecule has 0 aromatic heterocycles. The van der Waals surface area contributed by atoms with Crippen molar-refractivity contribution in [3.63, 3.8) is 0 Å². The highest BCUT2D eigenvalue weighted by Crippen LogP contribution is 2.43. The third kappa shape index (κ3) is 3.94. The van der Waals surface area contributed by atoms with Gasteiger partial charge in [-0.2, -0.15) is 0 Å². The van der Waals surface area contributed by atoms with Crippen molar-refractivity contribution in [2.75, 3.05) is 0 Å². The van der Waals surface area contributed by atoms with Gasteiger partial charge in [-0.15, -0.1) is 6.58 Å². The van der Waals surface area contributed by atoms with Crippen LogP contribution in [0.25, 0.3) is 0 Å². The maximum Gasteiger partial charge on any atom is 0.200 e. The highest BCUT2D eigenvalue weighted by molar-refractivity contribution is 6.77. The molecule has 108 valence electrons. The molecule has 0 aliphatic heterocycles. The molecule has 18 heavy (non-hydrogen) atoms. The van der Waals surface area contributed by atoms with Crippen LogP contribution in [0.2, 0.25) is 16.6 Å². The second-order valence-corrected chi connectivity index (χ2v) is 11.6. The summed E-state index contributed by atoms with van der Waals surface area (Å²) >= 11 is 0. The van der Waals surface area contributed by atoms with E-state index >= 15 is 0 Å². The van der Waals surface area contributed by atoms with E-state index in [1.165, 1.54) is 0 Å². The van der Waals surface area contributed by atoms with Gasteiger partial charge in [0.25, 0.3) is 0 Å². The molecule has 3 heteroatoms. The summed E-state index contributed by atoms with van der Waals surface area (Å²) in [5.74, 6) is 0. The Bertz CT molecular complexity index is 227. The van der Waals surface area contributed by atoms with Gasteiger partial charge >= 0.3 is 0 Å². The zero-order valence-corrected chi connectivity index (χ0v) is 14.2. The lowest BCUT2D eigenvalue weighted by Gasteiger charge is -2.44. The summed E-state index contributed by atoms with van der Waals surface area (Å²) in [6.45, 7) is 19.2. The minimum Gasteiger partial charge on any atom is -0.411 e. The van der Waals surface area contributed by atoms with Crippen LogP contribution >= 0.6 is 0 Å². The molecule has 2 atom stereocenters. The molecule has 0 aliphatic rings. The first-order valence-corrected chi connectivity index (χ1v) is 9.30. The molecule has 0 saturated heterocycles. The van der Waals surface area contributed by atoms with Crippen LogP contribution in [0.1, 0.15) is 54.9 Å². The summed E-state index contributed by atoms with van der Waals surface area (Å²) in [4.78, 5) is 0. The fraction of sp³-hybridized carbons (Fsp3) is 0.867. The number of aliphatic hydroxyl groups excluding tert-OH is 1. The van der Waals surface area contributed by atoms with Gasteiger partial charge in [-0.25, -0.2) is 0 Å². The molecule has 0 heterocycles. The summed E-state index contributed by atoms with van der Waals surface area (Å²) in [6, 6.07) is 0. The van der Waals surface area contributed by atoms with Crippen molar-refractivity contribution >= 4 is 8.32 Å². The molecule has 0 aliphatic carbocycles. The third-order valence-corrected chi connectivity index (χ3v) is 10.2. The monoisotopic (exact) mass is 272 g/mol. The highest BCUT2D eigenvalue weighted by Gasteiger charge is 2.46. The summed E-state index contributed by atoms with van der Waals surface area (Å²) in [6.07, 6.45) is 1.81. The van der Waals surface area contributed by atoms with Gasteiger partial charge in [-0.05, 0) is 30.0 Å². The normalized spacial score (nSPS) is 16.4. The van der Waals surface area contributed by atoms with Crippen molar-refractivity contribution in [1.82, 2.24) is 0 Å². The van der Waals surface area contributed by atoms with Crippen molar-refractivity contribution < 1.29 is 9.53 Å². The van der Waals surface area contributed by atoms with E-state index in [2.05, 4.69) is 48.1 Å². The van der Waals surface area contributed by atoms with Crippen LogP contribution in [0, 0.1) is 0 Å². The van der Waals surface area contributed by atoms with Crippen LogP contribution in [-0.2, 0) is 4.43 Å². The SMILES string of the molecule is C=CC[C@@H](O)[C@H](C)O[Si](C(C)C)(C(C)C)C(C)C. The van der Waals surface area contributed by atoms with E-state index in [1.54, 1.807) is 6.08 Å². The quantitative estimate of drug-likeness (QED) is 0.520. The minimum absolute atomic E-state index is 0.109. The van der Waals surface area contributed by atoms with Crippen LogP contribution < -0.4 is 0 Å². The summed E-state index contributed by atoms with van der Waals surface area (Å²) in [5.41, 5.74) is 1.66. The first-order valence-electron chi connectivity index (χ1n) is 7.16. The van der Waals surface area contributed by atoms with Crippen molar-refractivity contribution in [2.45, 2.75) is 83.7 Å². The molecule has 0 rings (SSSR count). The van der Waals surface area contributed by atoms with Gasteiger partial charge < -0.3 is 9.53 Å². The molecular weight excluding hydrogens is 240 g/mol. The van der Waals surface area contributed by atoms with Gasteiger partial charge in [0.05, 0.1) is 12.2 Å². The molecule has 0 bridgehead atoms. The third-order valence-electron chi connectivity index (χ3n) is 4.05. The first-order chi connectivity index (χ1) is 8.20. The molecule has 0 aromatic rings. The zero-order valence-electron chi connectivity index (χ0n) is 13.2. The standard InChI is InChI=1S/C15H32O2Si/c1-9-10-15(16)14(8)17-18(11(2)3,12(4)5)13(6)7/h9,11-16H,1,10H2,2-8H3/t14-,15+/m0/s1. The fourth-order valence-electron chi connectivity index (χ4n) is 3.17. The molecular formula is C15H32O2Si. The predicted octanol–water partition coefficient (Wildman–Crippen LogP) is 4.50. The molecule has 0 spiro atoms. The van der Waals surface area contributed by atoms with Gasteiger partial charge in [-0.3, -0.25) is 0 Å². The van der Waals surface area contributed by atoms with Gasteiger partial charge in [-0.1, -0.05) is 47.6 Å². The van der Waals surface area contributed by atoms with E-state index in [9.17, 15) is 5.11 Å². The van der Waals surface area contributed by atoms with Crippen molar-refractivity contribution in [1.29, 1.82) is 0 Å². The van der Waals surface area contributed by atoms with E-state index in [0.717, 1.165) is 0 Å². The average Bonchev–Trinajstić information content (AvgIpc) is 2.24. The Labute approximate surface area is 115 Å². The Kier molecular flexibility index (Phi) is 7.41. The second-order valence-electron chi connectivity index (χ2n) is 6.23. The molecule has 0 amide bonds. The maximum absolute atomic E-state index is 10.1. The lowest BCUT2D eigenvalue weighted by molar-refractivity contribution is 0.0384. The number of rotatable bonds is 8. The highest BCUT2D eigenvalue weighted by atomic mass is 28.4.